The van der Waals surface area contributed by atoms with Gasteiger partial charge in [0.1, 0.15) is 0 Å². The van der Waals surface area contributed by atoms with Crippen molar-refractivity contribution in [1.29, 1.82) is 0 Å². The fourth-order valence-corrected chi connectivity index (χ4v) is 2.57. The van der Waals surface area contributed by atoms with Crippen molar-refractivity contribution < 1.29 is 21.4 Å². The summed E-state index contributed by atoms with van der Waals surface area (Å²) < 4.78 is 2.25. The molecule has 0 amide bonds. The lowest BCUT2D eigenvalue weighted by atomic mass is 9.92. The molecule has 0 radical (unpaired) electrons. The minimum absolute atomic E-state index is 0. The SMILES string of the molecule is CCC1C[N+](C)(C)CC1CC.CN(C)C.C[N+](C)(C)C.[CH3-].[Cl-]. The molecule has 2 atom stereocenters. The zero-order chi connectivity index (χ0) is 16.6. The Balaban J connectivity index is -0.000000126. The van der Waals surface area contributed by atoms with Gasteiger partial charge in [-0.3, -0.25) is 0 Å². The molecule has 1 aliphatic heterocycles. The van der Waals surface area contributed by atoms with Crippen molar-refractivity contribution in [2.24, 2.45) is 11.8 Å². The largest absolute Gasteiger partial charge is 1.00 e. The molecule has 140 valence electrons. The van der Waals surface area contributed by atoms with Gasteiger partial charge in [-0.15, -0.1) is 0 Å². The minimum atomic E-state index is 0. The number of nitrogens with zero attached hydrogens (tertiary/aromatic N) is 3. The van der Waals surface area contributed by atoms with E-state index in [1.165, 1.54) is 30.4 Å². The fourth-order valence-electron chi connectivity index (χ4n) is 2.57. The van der Waals surface area contributed by atoms with E-state index in [1.807, 2.05) is 26.0 Å². The number of hydrogen-bond donors (Lipinski definition) is 0. The van der Waals surface area contributed by atoms with Crippen LogP contribution in [0.25, 0.3) is 0 Å². The Labute approximate surface area is 149 Å². The third kappa shape index (κ3) is 22.5. The standard InChI is InChI=1S/C10H22N.C4H12N.C3H9N.CH3.ClH/c1-5-9-7-11(3,4)8-10(9)6-2;1-5(2,3)4;1-4(2)3;;/h9-10H,5-8H2,1-4H3;1-4H3;1-3H3;1H3;1H/q2*+1;;-1;/p-1. The lowest BCUT2D eigenvalue weighted by Gasteiger charge is -2.23. The summed E-state index contributed by atoms with van der Waals surface area (Å²) in [5.41, 5.74) is 0. The van der Waals surface area contributed by atoms with Crippen LogP contribution < -0.4 is 12.4 Å². The summed E-state index contributed by atoms with van der Waals surface area (Å²) in [6.45, 7) is 7.46. The Morgan fingerprint density at radius 3 is 1.18 bits per heavy atom. The summed E-state index contributed by atoms with van der Waals surface area (Å²) in [5.74, 6) is 1.99. The quantitative estimate of drug-likeness (QED) is 0.509. The second kappa shape index (κ2) is 13.6. The molecule has 0 bridgehead atoms. The lowest BCUT2D eigenvalue weighted by molar-refractivity contribution is -0.880. The van der Waals surface area contributed by atoms with Gasteiger partial charge < -0.3 is 33.7 Å². The Morgan fingerprint density at radius 1 is 0.864 bits per heavy atom. The molecule has 0 aromatic carbocycles. The molecule has 0 aromatic rings. The van der Waals surface area contributed by atoms with Crippen LogP contribution in [0.2, 0.25) is 0 Å². The van der Waals surface area contributed by atoms with E-state index in [9.17, 15) is 0 Å². The van der Waals surface area contributed by atoms with Crippen LogP contribution in [-0.2, 0) is 0 Å². The maximum absolute atomic E-state index is 2.36. The summed E-state index contributed by atoms with van der Waals surface area (Å²) in [4.78, 5) is 2.00. The summed E-state index contributed by atoms with van der Waals surface area (Å²) in [6.07, 6.45) is 2.75. The molecule has 0 N–H and O–H groups in total. The first-order valence-corrected chi connectivity index (χ1v) is 8.04. The third-order valence-corrected chi connectivity index (χ3v) is 3.17. The Kier molecular flexibility index (Phi) is 18.6. The number of halogens is 1. The van der Waals surface area contributed by atoms with Crippen LogP contribution in [0.3, 0.4) is 0 Å². The molecule has 1 aliphatic rings. The van der Waals surface area contributed by atoms with E-state index < -0.39 is 0 Å². The molecule has 1 heterocycles. The van der Waals surface area contributed by atoms with Crippen molar-refractivity contribution in [3.63, 3.8) is 0 Å². The summed E-state index contributed by atoms with van der Waals surface area (Å²) in [5, 5.41) is 0. The van der Waals surface area contributed by atoms with E-state index in [4.69, 9.17) is 0 Å². The van der Waals surface area contributed by atoms with E-state index in [1.54, 1.807) is 0 Å². The highest BCUT2D eigenvalue weighted by atomic mass is 35.5. The minimum Gasteiger partial charge on any atom is -1.00 e. The second-order valence-electron chi connectivity index (χ2n) is 8.66. The van der Waals surface area contributed by atoms with Crippen molar-refractivity contribution in [2.75, 3.05) is 76.5 Å². The second-order valence-corrected chi connectivity index (χ2v) is 8.66. The number of quaternary nitrogens is 2. The van der Waals surface area contributed by atoms with Gasteiger partial charge in [0, 0.05) is 11.8 Å². The maximum atomic E-state index is 2.36. The smallest absolute Gasteiger partial charge is 0.0815 e. The maximum Gasteiger partial charge on any atom is 0.0815 e. The first-order chi connectivity index (χ1) is 8.82. The molecule has 1 rings (SSSR count). The van der Waals surface area contributed by atoms with E-state index in [0.717, 1.165) is 16.3 Å². The number of rotatable bonds is 2. The molecule has 0 aromatic heterocycles. The van der Waals surface area contributed by atoms with Gasteiger partial charge in [0.25, 0.3) is 0 Å². The third-order valence-electron chi connectivity index (χ3n) is 3.17. The molecule has 0 spiro atoms. The van der Waals surface area contributed by atoms with Gasteiger partial charge in [0.2, 0.25) is 0 Å². The summed E-state index contributed by atoms with van der Waals surface area (Å²) in [7, 11) is 19.2. The van der Waals surface area contributed by atoms with Crippen LogP contribution >= 0.6 is 0 Å². The molecular formula is C18H46ClN3. The average Bonchev–Trinajstić information content (AvgIpc) is 2.49. The van der Waals surface area contributed by atoms with Gasteiger partial charge in [-0.25, -0.2) is 0 Å². The van der Waals surface area contributed by atoms with Gasteiger partial charge in [-0.1, -0.05) is 13.8 Å². The van der Waals surface area contributed by atoms with Gasteiger partial charge in [0.05, 0.1) is 55.4 Å². The van der Waals surface area contributed by atoms with Gasteiger partial charge >= 0.3 is 0 Å². The fraction of sp³-hybridized carbons (Fsp3) is 0.944. The normalized spacial score (nSPS) is 22.4. The molecular weight excluding hydrogens is 294 g/mol. The molecule has 2 unspecified atom stereocenters. The van der Waals surface area contributed by atoms with Gasteiger partial charge in [0.15, 0.2) is 0 Å². The average molecular weight is 340 g/mol. The molecule has 3 nitrogen and oxygen atoms in total. The predicted molar refractivity (Wildman–Crippen MR) is 99.4 cm³/mol. The van der Waals surface area contributed by atoms with E-state index in [-0.39, 0.29) is 19.8 Å². The van der Waals surface area contributed by atoms with Crippen LogP contribution in [0, 0.1) is 19.3 Å². The van der Waals surface area contributed by atoms with E-state index in [2.05, 4.69) is 56.1 Å². The highest BCUT2D eigenvalue weighted by Gasteiger charge is 2.37. The first-order valence-electron chi connectivity index (χ1n) is 8.04. The van der Waals surface area contributed by atoms with Gasteiger partial charge in [-0.05, 0) is 34.0 Å². The molecule has 0 aliphatic carbocycles. The molecule has 4 heteroatoms. The van der Waals surface area contributed by atoms with Crippen LogP contribution in [-0.4, -0.2) is 90.4 Å². The monoisotopic (exact) mass is 339 g/mol. The number of hydrogen-bond acceptors (Lipinski definition) is 1. The topological polar surface area (TPSA) is 3.24 Å². The summed E-state index contributed by atoms with van der Waals surface area (Å²) in [6, 6.07) is 0. The molecule has 22 heavy (non-hydrogen) atoms. The van der Waals surface area contributed by atoms with Crippen LogP contribution in [0.1, 0.15) is 26.7 Å². The van der Waals surface area contributed by atoms with Crippen molar-refractivity contribution in [2.45, 2.75) is 26.7 Å². The van der Waals surface area contributed by atoms with E-state index >= 15 is 0 Å². The first kappa shape index (κ1) is 30.1. The molecule has 1 fully saturated rings. The summed E-state index contributed by atoms with van der Waals surface area (Å²) >= 11 is 0. The molecule has 1 saturated heterocycles. The van der Waals surface area contributed by atoms with Crippen LogP contribution in [0.15, 0.2) is 0 Å². The van der Waals surface area contributed by atoms with Crippen molar-refractivity contribution >= 4 is 0 Å². The highest BCUT2D eigenvalue weighted by molar-refractivity contribution is 4.73. The predicted octanol–water partition coefficient (Wildman–Crippen LogP) is 0.0833. The van der Waals surface area contributed by atoms with Crippen molar-refractivity contribution in [1.82, 2.24) is 4.90 Å². The zero-order valence-corrected chi connectivity index (χ0v) is 18.5. The Morgan fingerprint density at radius 2 is 1.05 bits per heavy atom. The highest BCUT2D eigenvalue weighted by Crippen LogP contribution is 2.30. The van der Waals surface area contributed by atoms with E-state index in [0.29, 0.717) is 0 Å². The molecule has 0 saturated carbocycles. The van der Waals surface area contributed by atoms with Gasteiger partial charge in [-0.2, -0.15) is 0 Å². The Bertz CT molecular complexity index is 212. The zero-order valence-electron chi connectivity index (χ0n) is 17.7. The van der Waals surface area contributed by atoms with Crippen LogP contribution in [0.5, 0.6) is 0 Å². The lowest BCUT2D eigenvalue weighted by Crippen LogP contribution is -3.00. The van der Waals surface area contributed by atoms with Crippen molar-refractivity contribution in [3.8, 4) is 0 Å². The number of likely N-dealkylation sites (tertiary alicyclic amines) is 1. The Hall–Kier alpha value is 0.170. The van der Waals surface area contributed by atoms with Crippen molar-refractivity contribution in [3.05, 3.63) is 7.43 Å². The van der Waals surface area contributed by atoms with Crippen LogP contribution in [0.4, 0.5) is 0 Å².